The molecule has 3 nitrogen and oxygen atoms in total. The fourth-order valence-electron chi connectivity index (χ4n) is 2.57. The minimum absolute atomic E-state index is 0.182. The highest BCUT2D eigenvalue weighted by Gasteiger charge is 2.23. The number of aryl methyl sites for hydroxylation is 1. The monoisotopic (exact) mass is 260 g/mol. The van der Waals surface area contributed by atoms with Gasteiger partial charge in [-0.05, 0) is 50.9 Å². The smallest absolute Gasteiger partial charge is 0.253 e. The van der Waals surface area contributed by atoms with Crippen molar-refractivity contribution >= 4 is 5.91 Å². The van der Waals surface area contributed by atoms with Gasteiger partial charge in [0.15, 0.2) is 0 Å². The van der Waals surface area contributed by atoms with Crippen LogP contribution in [-0.4, -0.2) is 37.0 Å². The van der Waals surface area contributed by atoms with E-state index in [1.54, 1.807) is 0 Å². The molecule has 0 spiro atoms. The number of hydrogen-bond donors (Lipinski definition) is 1. The lowest BCUT2D eigenvalue weighted by atomic mass is 9.96. The number of hydrogen-bond acceptors (Lipinski definition) is 2. The SMILES string of the molecule is CCNCC1CCN(C(=O)c2ccc(C)cc2)CC1. The number of benzene rings is 1. The number of carbonyl (C=O) groups excluding carboxylic acids is 1. The Hall–Kier alpha value is -1.35. The summed E-state index contributed by atoms with van der Waals surface area (Å²) < 4.78 is 0. The average Bonchev–Trinajstić information content (AvgIpc) is 2.46. The van der Waals surface area contributed by atoms with Gasteiger partial charge in [-0.15, -0.1) is 0 Å². The van der Waals surface area contributed by atoms with Gasteiger partial charge >= 0.3 is 0 Å². The average molecular weight is 260 g/mol. The van der Waals surface area contributed by atoms with E-state index in [9.17, 15) is 4.79 Å². The van der Waals surface area contributed by atoms with E-state index in [-0.39, 0.29) is 5.91 Å². The second-order valence-corrected chi connectivity index (χ2v) is 5.41. The predicted molar refractivity (Wildman–Crippen MR) is 78.4 cm³/mol. The Kier molecular flexibility index (Phi) is 4.97. The van der Waals surface area contributed by atoms with Crippen LogP contribution in [0.4, 0.5) is 0 Å². The Morgan fingerprint density at radius 2 is 1.89 bits per heavy atom. The van der Waals surface area contributed by atoms with E-state index in [0.717, 1.165) is 50.5 Å². The standard InChI is InChI=1S/C16H24N2O/c1-3-17-12-14-8-10-18(11-9-14)16(19)15-6-4-13(2)5-7-15/h4-7,14,17H,3,8-12H2,1-2H3. The lowest BCUT2D eigenvalue weighted by Crippen LogP contribution is -2.40. The first-order valence-corrected chi connectivity index (χ1v) is 7.27. The van der Waals surface area contributed by atoms with Crippen LogP contribution in [0, 0.1) is 12.8 Å². The van der Waals surface area contributed by atoms with Crippen LogP contribution in [0.1, 0.15) is 35.7 Å². The first-order chi connectivity index (χ1) is 9.20. The number of likely N-dealkylation sites (tertiary alicyclic amines) is 1. The molecule has 1 N–H and O–H groups in total. The Morgan fingerprint density at radius 1 is 1.26 bits per heavy atom. The molecule has 1 saturated heterocycles. The molecule has 1 fully saturated rings. The van der Waals surface area contributed by atoms with E-state index in [1.807, 2.05) is 36.1 Å². The molecule has 0 radical (unpaired) electrons. The van der Waals surface area contributed by atoms with Crippen LogP contribution in [0.5, 0.6) is 0 Å². The van der Waals surface area contributed by atoms with E-state index >= 15 is 0 Å². The number of nitrogens with one attached hydrogen (secondary N) is 1. The largest absolute Gasteiger partial charge is 0.339 e. The normalized spacial score (nSPS) is 16.6. The van der Waals surface area contributed by atoms with Crippen LogP contribution in [0.3, 0.4) is 0 Å². The molecule has 1 aromatic carbocycles. The van der Waals surface area contributed by atoms with Crippen LogP contribution in [0.25, 0.3) is 0 Å². The third kappa shape index (κ3) is 3.80. The van der Waals surface area contributed by atoms with Crippen LogP contribution in [-0.2, 0) is 0 Å². The molecule has 1 amide bonds. The van der Waals surface area contributed by atoms with Crippen molar-refractivity contribution in [1.29, 1.82) is 0 Å². The molecule has 3 heteroatoms. The fourth-order valence-corrected chi connectivity index (χ4v) is 2.57. The van der Waals surface area contributed by atoms with Gasteiger partial charge in [-0.1, -0.05) is 24.6 Å². The first-order valence-electron chi connectivity index (χ1n) is 7.27. The number of amides is 1. The van der Waals surface area contributed by atoms with Crippen molar-refractivity contribution in [3.63, 3.8) is 0 Å². The molecule has 104 valence electrons. The van der Waals surface area contributed by atoms with E-state index in [2.05, 4.69) is 12.2 Å². The van der Waals surface area contributed by atoms with Gasteiger partial charge in [-0.25, -0.2) is 0 Å². The van der Waals surface area contributed by atoms with Crippen molar-refractivity contribution in [2.75, 3.05) is 26.2 Å². The molecule has 1 aliphatic heterocycles. The summed E-state index contributed by atoms with van der Waals surface area (Å²) in [5, 5.41) is 3.40. The second kappa shape index (κ2) is 6.71. The summed E-state index contributed by atoms with van der Waals surface area (Å²) in [6.07, 6.45) is 2.23. The minimum atomic E-state index is 0.182. The summed E-state index contributed by atoms with van der Waals surface area (Å²) in [5.74, 6) is 0.906. The molecule has 0 atom stereocenters. The Balaban J connectivity index is 1.87. The number of piperidine rings is 1. The van der Waals surface area contributed by atoms with Gasteiger partial charge in [0.2, 0.25) is 0 Å². The van der Waals surface area contributed by atoms with E-state index in [0.29, 0.717) is 0 Å². The van der Waals surface area contributed by atoms with Crippen molar-refractivity contribution in [2.24, 2.45) is 5.92 Å². The summed E-state index contributed by atoms with van der Waals surface area (Å²) in [4.78, 5) is 14.3. The third-order valence-corrected chi connectivity index (χ3v) is 3.88. The molecule has 2 rings (SSSR count). The van der Waals surface area contributed by atoms with Crippen molar-refractivity contribution in [1.82, 2.24) is 10.2 Å². The zero-order valence-electron chi connectivity index (χ0n) is 12.0. The topological polar surface area (TPSA) is 32.3 Å². The maximum absolute atomic E-state index is 12.3. The Labute approximate surface area is 116 Å². The minimum Gasteiger partial charge on any atom is -0.339 e. The van der Waals surface area contributed by atoms with E-state index in [1.165, 1.54) is 5.56 Å². The van der Waals surface area contributed by atoms with Gasteiger partial charge in [0.05, 0.1) is 0 Å². The van der Waals surface area contributed by atoms with Crippen molar-refractivity contribution in [3.05, 3.63) is 35.4 Å². The van der Waals surface area contributed by atoms with Gasteiger partial charge in [0.1, 0.15) is 0 Å². The van der Waals surface area contributed by atoms with Crippen molar-refractivity contribution in [3.8, 4) is 0 Å². The van der Waals surface area contributed by atoms with Gasteiger partial charge < -0.3 is 10.2 Å². The molecule has 0 bridgehead atoms. The highest BCUT2D eigenvalue weighted by molar-refractivity contribution is 5.94. The second-order valence-electron chi connectivity index (χ2n) is 5.41. The van der Waals surface area contributed by atoms with Crippen LogP contribution < -0.4 is 5.32 Å². The molecule has 1 aromatic rings. The van der Waals surface area contributed by atoms with E-state index in [4.69, 9.17) is 0 Å². The lowest BCUT2D eigenvalue weighted by Gasteiger charge is -2.32. The Bertz CT molecular complexity index is 405. The van der Waals surface area contributed by atoms with E-state index < -0.39 is 0 Å². The number of nitrogens with zero attached hydrogens (tertiary/aromatic N) is 1. The van der Waals surface area contributed by atoms with Crippen molar-refractivity contribution in [2.45, 2.75) is 26.7 Å². The summed E-state index contributed by atoms with van der Waals surface area (Å²) in [6, 6.07) is 7.88. The molecule has 0 unspecified atom stereocenters. The first kappa shape index (κ1) is 14.1. The summed E-state index contributed by atoms with van der Waals surface area (Å²) in [7, 11) is 0. The fraction of sp³-hybridized carbons (Fsp3) is 0.562. The maximum Gasteiger partial charge on any atom is 0.253 e. The summed E-state index contributed by atoms with van der Waals surface area (Å²) in [6.45, 7) is 8.08. The Morgan fingerprint density at radius 3 is 2.47 bits per heavy atom. The maximum atomic E-state index is 12.3. The highest BCUT2D eigenvalue weighted by Crippen LogP contribution is 2.18. The lowest BCUT2D eigenvalue weighted by molar-refractivity contribution is 0.0690. The zero-order chi connectivity index (χ0) is 13.7. The summed E-state index contributed by atoms with van der Waals surface area (Å²) >= 11 is 0. The molecular weight excluding hydrogens is 236 g/mol. The molecule has 0 saturated carbocycles. The number of rotatable bonds is 4. The van der Waals surface area contributed by atoms with Gasteiger partial charge in [-0.3, -0.25) is 4.79 Å². The van der Waals surface area contributed by atoms with Crippen LogP contribution in [0.15, 0.2) is 24.3 Å². The number of carbonyl (C=O) groups is 1. The molecule has 1 heterocycles. The van der Waals surface area contributed by atoms with Gasteiger partial charge in [0, 0.05) is 18.7 Å². The molecular formula is C16H24N2O. The molecule has 19 heavy (non-hydrogen) atoms. The van der Waals surface area contributed by atoms with Crippen LogP contribution in [0.2, 0.25) is 0 Å². The van der Waals surface area contributed by atoms with Crippen LogP contribution >= 0.6 is 0 Å². The van der Waals surface area contributed by atoms with Crippen molar-refractivity contribution < 1.29 is 4.79 Å². The quantitative estimate of drug-likeness (QED) is 0.902. The van der Waals surface area contributed by atoms with Gasteiger partial charge in [-0.2, -0.15) is 0 Å². The van der Waals surface area contributed by atoms with Gasteiger partial charge in [0.25, 0.3) is 5.91 Å². The molecule has 0 aliphatic carbocycles. The zero-order valence-corrected chi connectivity index (χ0v) is 12.0. The third-order valence-electron chi connectivity index (χ3n) is 3.88. The predicted octanol–water partition coefficient (Wildman–Crippen LogP) is 2.46. The summed E-state index contributed by atoms with van der Waals surface area (Å²) in [5.41, 5.74) is 2.01. The highest BCUT2D eigenvalue weighted by atomic mass is 16.2. The molecule has 1 aliphatic rings. The molecule has 0 aromatic heterocycles.